The summed E-state index contributed by atoms with van der Waals surface area (Å²) in [4.78, 5) is 0. The van der Waals surface area contributed by atoms with Crippen molar-refractivity contribution in [1.82, 2.24) is 0 Å². The number of thiol groups is 1. The van der Waals surface area contributed by atoms with E-state index in [1.165, 1.54) is 18.4 Å². The second kappa shape index (κ2) is 6.19. The third kappa shape index (κ3) is 5.45. The van der Waals surface area contributed by atoms with Gasteiger partial charge in [0.25, 0.3) is 0 Å². The van der Waals surface area contributed by atoms with Gasteiger partial charge in [-0.2, -0.15) is 12.6 Å². The molecule has 0 aliphatic heterocycles. The molecular formula is C14H22OS. The fourth-order valence-electron chi connectivity index (χ4n) is 1.52. The average molecular weight is 238 g/mol. The number of hydrogen-bond donors (Lipinski definition) is 1. The van der Waals surface area contributed by atoms with Gasteiger partial charge in [-0.05, 0) is 63.5 Å². The molecule has 0 unspecified atom stereocenters. The maximum Gasteiger partial charge on any atom is 0.120 e. The molecule has 0 aliphatic rings. The van der Waals surface area contributed by atoms with E-state index in [0.717, 1.165) is 17.9 Å². The zero-order valence-corrected chi connectivity index (χ0v) is 11.4. The van der Waals surface area contributed by atoms with Crippen molar-refractivity contribution in [2.45, 2.75) is 45.6 Å². The van der Waals surface area contributed by atoms with Crippen molar-refractivity contribution < 1.29 is 4.74 Å². The molecule has 2 heteroatoms. The fourth-order valence-corrected chi connectivity index (χ4v) is 1.74. The lowest BCUT2D eigenvalue weighted by molar-refractivity contribution is 0.131. The van der Waals surface area contributed by atoms with Crippen LogP contribution in [0.4, 0.5) is 0 Å². The Morgan fingerprint density at radius 2 is 1.69 bits per heavy atom. The minimum atomic E-state index is -0.118. The van der Waals surface area contributed by atoms with Gasteiger partial charge in [0, 0.05) is 0 Å². The monoisotopic (exact) mass is 238 g/mol. The smallest absolute Gasteiger partial charge is 0.120 e. The molecule has 0 radical (unpaired) electrons. The van der Waals surface area contributed by atoms with Crippen molar-refractivity contribution in [3.05, 3.63) is 29.8 Å². The van der Waals surface area contributed by atoms with Gasteiger partial charge in [0.05, 0.1) is 0 Å². The Morgan fingerprint density at radius 1 is 1.06 bits per heavy atom. The molecule has 16 heavy (non-hydrogen) atoms. The van der Waals surface area contributed by atoms with E-state index in [1.54, 1.807) is 0 Å². The highest BCUT2D eigenvalue weighted by Crippen LogP contribution is 2.19. The molecular weight excluding hydrogens is 216 g/mol. The molecule has 0 fully saturated rings. The van der Waals surface area contributed by atoms with Crippen LogP contribution >= 0.6 is 12.6 Å². The molecule has 0 spiro atoms. The summed E-state index contributed by atoms with van der Waals surface area (Å²) in [6.45, 7) is 6.19. The normalized spacial score (nSPS) is 11.5. The third-order valence-electron chi connectivity index (χ3n) is 2.22. The van der Waals surface area contributed by atoms with Gasteiger partial charge in [-0.25, -0.2) is 0 Å². The molecule has 0 aromatic heterocycles. The topological polar surface area (TPSA) is 9.23 Å². The molecule has 1 nitrogen and oxygen atoms in total. The van der Waals surface area contributed by atoms with Crippen LogP contribution in [0.25, 0.3) is 0 Å². The van der Waals surface area contributed by atoms with Crippen molar-refractivity contribution in [3.8, 4) is 5.75 Å². The van der Waals surface area contributed by atoms with Crippen molar-refractivity contribution in [3.63, 3.8) is 0 Å². The maximum atomic E-state index is 5.77. The lowest BCUT2D eigenvalue weighted by Crippen LogP contribution is -2.22. The van der Waals surface area contributed by atoms with Gasteiger partial charge in [0.15, 0.2) is 0 Å². The summed E-state index contributed by atoms with van der Waals surface area (Å²) in [5.41, 5.74) is 1.26. The van der Waals surface area contributed by atoms with Gasteiger partial charge in [0.2, 0.25) is 0 Å². The molecule has 0 saturated heterocycles. The highest BCUT2D eigenvalue weighted by atomic mass is 32.1. The number of unbranched alkanes of at least 4 members (excludes halogenated alkanes) is 1. The first kappa shape index (κ1) is 13.4. The zero-order chi connectivity index (χ0) is 12.0. The van der Waals surface area contributed by atoms with E-state index < -0.39 is 0 Å². The fraction of sp³-hybridized carbons (Fsp3) is 0.571. The molecule has 0 atom stereocenters. The number of hydrogen-bond acceptors (Lipinski definition) is 2. The van der Waals surface area contributed by atoms with Gasteiger partial charge in [-0.1, -0.05) is 12.1 Å². The van der Waals surface area contributed by atoms with Crippen molar-refractivity contribution in [1.29, 1.82) is 0 Å². The minimum absolute atomic E-state index is 0.118. The quantitative estimate of drug-likeness (QED) is 0.600. The van der Waals surface area contributed by atoms with Gasteiger partial charge >= 0.3 is 0 Å². The van der Waals surface area contributed by atoms with Crippen molar-refractivity contribution >= 4 is 12.6 Å². The standard InChI is InChI=1S/C14H22OS/c1-14(2,3)15-13-9-7-12(8-10-13)6-4-5-11-16/h7-10,16H,4-6,11H2,1-3H3. The van der Waals surface area contributed by atoms with Crippen molar-refractivity contribution in [2.75, 3.05) is 5.75 Å². The maximum absolute atomic E-state index is 5.77. The predicted octanol–water partition coefficient (Wildman–Crippen LogP) is 4.12. The summed E-state index contributed by atoms with van der Waals surface area (Å²) in [5, 5.41) is 0. The molecule has 0 heterocycles. The second-order valence-corrected chi connectivity index (χ2v) is 5.49. The van der Waals surface area contributed by atoms with Crippen LogP contribution in [0.5, 0.6) is 5.75 Å². The van der Waals surface area contributed by atoms with Crippen LogP contribution in [0, 0.1) is 0 Å². The highest BCUT2D eigenvalue weighted by Gasteiger charge is 2.11. The molecule has 90 valence electrons. The van der Waals surface area contributed by atoms with Gasteiger partial charge < -0.3 is 4.74 Å². The summed E-state index contributed by atoms with van der Waals surface area (Å²) in [6, 6.07) is 8.42. The van der Waals surface area contributed by atoms with E-state index in [9.17, 15) is 0 Å². The molecule has 0 saturated carbocycles. The Morgan fingerprint density at radius 3 is 2.19 bits per heavy atom. The summed E-state index contributed by atoms with van der Waals surface area (Å²) in [6.07, 6.45) is 3.53. The van der Waals surface area contributed by atoms with Gasteiger partial charge in [-0.15, -0.1) is 0 Å². The van der Waals surface area contributed by atoms with E-state index in [4.69, 9.17) is 4.74 Å². The molecule has 0 aliphatic carbocycles. The van der Waals surface area contributed by atoms with Gasteiger partial charge in [-0.3, -0.25) is 0 Å². The Kier molecular flexibility index (Phi) is 5.20. The lowest BCUT2D eigenvalue weighted by Gasteiger charge is -2.21. The first-order valence-electron chi connectivity index (χ1n) is 5.90. The number of aryl methyl sites for hydroxylation is 1. The van der Waals surface area contributed by atoms with Crippen LogP contribution in [-0.4, -0.2) is 11.4 Å². The number of benzene rings is 1. The second-order valence-electron chi connectivity index (χ2n) is 5.04. The van der Waals surface area contributed by atoms with E-state index in [1.807, 2.05) is 0 Å². The zero-order valence-electron chi connectivity index (χ0n) is 10.5. The first-order chi connectivity index (χ1) is 7.51. The molecule has 1 rings (SSSR count). The lowest BCUT2D eigenvalue weighted by atomic mass is 10.1. The van der Waals surface area contributed by atoms with E-state index in [0.29, 0.717) is 0 Å². The molecule has 0 bridgehead atoms. The Hall–Kier alpha value is -0.630. The van der Waals surface area contributed by atoms with E-state index >= 15 is 0 Å². The van der Waals surface area contributed by atoms with Crippen LogP contribution in [0.15, 0.2) is 24.3 Å². The van der Waals surface area contributed by atoms with Crippen LogP contribution in [-0.2, 0) is 6.42 Å². The largest absolute Gasteiger partial charge is 0.488 e. The average Bonchev–Trinajstić information content (AvgIpc) is 2.19. The Labute approximate surface area is 105 Å². The Balaban J connectivity index is 2.48. The van der Waals surface area contributed by atoms with Crippen LogP contribution in [0.1, 0.15) is 39.2 Å². The molecule has 0 N–H and O–H groups in total. The third-order valence-corrected chi connectivity index (χ3v) is 2.54. The first-order valence-corrected chi connectivity index (χ1v) is 6.53. The molecule has 0 amide bonds. The summed E-state index contributed by atoms with van der Waals surface area (Å²) >= 11 is 4.21. The minimum Gasteiger partial charge on any atom is -0.488 e. The summed E-state index contributed by atoms with van der Waals surface area (Å²) in [5.74, 6) is 1.93. The number of rotatable bonds is 5. The molecule has 1 aromatic carbocycles. The highest BCUT2D eigenvalue weighted by molar-refractivity contribution is 7.80. The number of ether oxygens (including phenoxy) is 1. The van der Waals surface area contributed by atoms with Crippen LogP contribution in [0.2, 0.25) is 0 Å². The van der Waals surface area contributed by atoms with E-state index in [2.05, 4.69) is 57.7 Å². The van der Waals surface area contributed by atoms with Crippen LogP contribution < -0.4 is 4.74 Å². The van der Waals surface area contributed by atoms with Crippen LogP contribution in [0.3, 0.4) is 0 Å². The Bertz CT molecular complexity index is 298. The van der Waals surface area contributed by atoms with Crippen molar-refractivity contribution in [2.24, 2.45) is 0 Å². The van der Waals surface area contributed by atoms with E-state index in [-0.39, 0.29) is 5.60 Å². The predicted molar refractivity (Wildman–Crippen MR) is 73.6 cm³/mol. The van der Waals surface area contributed by atoms with Gasteiger partial charge in [0.1, 0.15) is 11.4 Å². The summed E-state index contributed by atoms with van der Waals surface area (Å²) < 4.78 is 5.77. The SMILES string of the molecule is CC(C)(C)Oc1ccc(CCCCS)cc1. The summed E-state index contributed by atoms with van der Waals surface area (Å²) in [7, 11) is 0. The molecule has 1 aromatic rings.